The van der Waals surface area contributed by atoms with Crippen LogP contribution < -0.4 is 14.8 Å². The third kappa shape index (κ3) is 4.82. The summed E-state index contributed by atoms with van der Waals surface area (Å²) in [5, 5.41) is 2.57. The molecule has 10 heteroatoms. The van der Waals surface area contributed by atoms with Gasteiger partial charge in [0.1, 0.15) is 6.04 Å². The SMILES string of the molecule is CCCS(=O)(=O)N1CCCC1C(=O)Nc1ccc(OC)c(OC(F)F)c1. The van der Waals surface area contributed by atoms with Crippen LogP contribution in [-0.4, -0.2) is 50.7 Å². The molecule has 1 aromatic rings. The first kappa shape index (κ1) is 20.4. The molecule has 1 aliphatic rings. The zero-order chi connectivity index (χ0) is 19.3. The molecule has 1 atom stereocenters. The number of anilines is 1. The molecule has 0 saturated carbocycles. The van der Waals surface area contributed by atoms with Gasteiger partial charge in [-0.15, -0.1) is 0 Å². The number of rotatable bonds is 8. The fraction of sp³-hybridized carbons (Fsp3) is 0.562. The summed E-state index contributed by atoms with van der Waals surface area (Å²) in [6.45, 7) is -0.993. The van der Waals surface area contributed by atoms with Crippen LogP contribution in [0.3, 0.4) is 0 Å². The Morgan fingerprint density at radius 2 is 2.12 bits per heavy atom. The first-order chi connectivity index (χ1) is 12.3. The second kappa shape index (κ2) is 8.63. The molecule has 2 rings (SSSR count). The summed E-state index contributed by atoms with van der Waals surface area (Å²) in [6, 6.07) is 3.25. The number of benzene rings is 1. The van der Waals surface area contributed by atoms with E-state index in [0.717, 1.165) is 0 Å². The van der Waals surface area contributed by atoms with Crippen LogP contribution in [-0.2, 0) is 14.8 Å². The number of sulfonamides is 1. The fourth-order valence-electron chi connectivity index (χ4n) is 2.88. The number of ether oxygens (including phenoxy) is 2. The molecule has 1 saturated heterocycles. The number of alkyl halides is 2. The molecular formula is C16H22F2N2O5S. The van der Waals surface area contributed by atoms with Crippen LogP contribution in [0.15, 0.2) is 18.2 Å². The Morgan fingerprint density at radius 3 is 2.73 bits per heavy atom. The Kier molecular flexibility index (Phi) is 6.76. The van der Waals surface area contributed by atoms with Gasteiger partial charge in [-0.25, -0.2) is 8.42 Å². The molecule has 26 heavy (non-hydrogen) atoms. The van der Waals surface area contributed by atoms with Gasteiger partial charge in [0.25, 0.3) is 0 Å². The first-order valence-corrected chi connectivity index (χ1v) is 9.82. The molecule has 0 aromatic heterocycles. The molecule has 1 aromatic carbocycles. The number of hydrogen-bond donors (Lipinski definition) is 1. The zero-order valence-electron chi connectivity index (χ0n) is 14.6. The van der Waals surface area contributed by atoms with E-state index >= 15 is 0 Å². The summed E-state index contributed by atoms with van der Waals surface area (Å²) >= 11 is 0. The van der Waals surface area contributed by atoms with E-state index in [9.17, 15) is 22.0 Å². The molecule has 1 unspecified atom stereocenters. The molecule has 1 N–H and O–H groups in total. The van der Waals surface area contributed by atoms with Crippen molar-refractivity contribution < 1.29 is 31.5 Å². The second-order valence-electron chi connectivity index (χ2n) is 5.82. The zero-order valence-corrected chi connectivity index (χ0v) is 15.4. The van der Waals surface area contributed by atoms with E-state index in [1.165, 1.54) is 29.6 Å². The van der Waals surface area contributed by atoms with Crippen molar-refractivity contribution in [2.75, 3.05) is 24.7 Å². The summed E-state index contributed by atoms with van der Waals surface area (Å²) in [7, 11) is -2.20. The van der Waals surface area contributed by atoms with E-state index in [-0.39, 0.29) is 22.9 Å². The van der Waals surface area contributed by atoms with Gasteiger partial charge in [0.2, 0.25) is 15.9 Å². The number of hydrogen-bond acceptors (Lipinski definition) is 5. The van der Waals surface area contributed by atoms with Crippen LogP contribution in [0.25, 0.3) is 0 Å². The number of nitrogens with zero attached hydrogens (tertiary/aromatic N) is 1. The van der Waals surface area contributed by atoms with Crippen LogP contribution in [0.1, 0.15) is 26.2 Å². The standard InChI is InChI=1S/C16H22F2N2O5S/c1-3-9-26(22,23)20-8-4-5-12(20)15(21)19-11-6-7-13(24-2)14(10-11)25-16(17)18/h6-7,10,12,16H,3-5,8-9H2,1-2H3,(H,19,21). The third-order valence-corrected chi connectivity index (χ3v) is 6.05. The molecule has 146 valence electrons. The molecule has 1 aliphatic heterocycles. The number of halogens is 2. The maximum Gasteiger partial charge on any atom is 0.387 e. The minimum absolute atomic E-state index is 0.0221. The van der Waals surface area contributed by atoms with E-state index in [2.05, 4.69) is 10.1 Å². The van der Waals surface area contributed by atoms with Crippen LogP contribution in [0.4, 0.5) is 14.5 Å². The van der Waals surface area contributed by atoms with Crippen molar-refractivity contribution >= 4 is 21.6 Å². The van der Waals surface area contributed by atoms with Gasteiger partial charge in [-0.2, -0.15) is 13.1 Å². The highest BCUT2D eigenvalue weighted by atomic mass is 32.2. The van der Waals surface area contributed by atoms with Gasteiger partial charge in [-0.3, -0.25) is 4.79 Å². The van der Waals surface area contributed by atoms with E-state index in [0.29, 0.717) is 25.8 Å². The van der Waals surface area contributed by atoms with Crippen molar-refractivity contribution in [2.45, 2.75) is 38.8 Å². The molecule has 0 spiro atoms. The molecule has 1 fully saturated rings. The Labute approximate surface area is 151 Å². The van der Waals surface area contributed by atoms with E-state index in [4.69, 9.17) is 4.74 Å². The number of amides is 1. The molecule has 0 aliphatic carbocycles. The number of carbonyl (C=O) groups excluding carboxylic acids is 1. The molecule has 0 radical (unpaired) electrons. The maximum absolute atomic E-state index is 12.5. The van der Waals surface area contributed by atoms with Crippen LogP contribution in [0, 0.1) is 0 Å². The monoisotopic (exact) mass is 392 g/mol. The number of methoxy groups -OCH3 is 1. The largest absolute Gasteiger partial charge is 0.493 e. The lowest BCUT2D eigenvalue weighted by Crippen LogP contribution is -2.44. The van der Waals surface area contributed by atoms with Crippen LogP contribution >= 0.6 is 0 Å². The van der Waals surface area contributed by atoms with Crippen molar-refractivity contribution in [3.8, 4) is 11.5 Å². The van der Waals surface area contributed by atoms with Gasteiger partial charge in [-0.05, 0) is 31.4 Å². The van der Waals surface area contributed by atoms with Crippen LogP contribution in [0.2, 0.25) is 0 Å². The maximum atomic E-state index is 12.5. The topological polar surface area (TPSA) is 84.9 Å². The van der Waals surface area contributed by atoms with Crippen molar-refractivity contribution in [1.29, 1.82) is 0 Å². The highest BCUT2D eigenvalue weighted by Crippen LogP contribution is 2.32. The van der Waals surface area contributed by atoms with Gasteiger partial charge >= 0.3 is 6.61 Å². The number of nitrogens with one attached hydrogen (secondary N) is 1. The molecule has 1 amide bonds. The number of carbonyl (C=O) groups is 1. The smallest absolute Gasteiger partial charge is 0.387 e. The van der Waals surface area contributed by atoms with Crippen molar-refractivity contribution in [3.05, 3.63) is 18.2 Å². The van der Waals surface area contributed by atoms with Crippen molar-refractivity contribution in [1.82, 2.24) is 4.31 Å². The Bertz CT molecular complexity index is 742. The van der Waals surface area contributed by atoms with Crippen molar-refractivity contribution in [3.63, 3.8) is 0 Å². The lowest BCUT2D eigenvalue weighted by Gasteiger charge is -2.23. The molecule has 0 bridgehead atoms. The second-order valence-corrected chi connectivity index (χ2v) is 7.86. The Balaban J connectivity index is 2.16. The fourth-order valence-corrected chi connectivity index (χ4v) is 4.62. The van der Waals surface area contributed by atoms with Crippen LogP contribution in [0.5, 0.6) is 11.5 Å². The first-order valence-electron chi connectivity index (χ1n) is 8.21. The average molecular weight is 392 g/mol. The highest BCUT2D eigenvalue weighted by Gasteiger charge is 2.38. The Morgan fingerprint density at radius 1 is 1.38 bits per heavy atom. The minimum atomic E-state index is -3.50. The van der Waals surface area contributed by atoms with Gasteiger partial charge < -0.3 is 14.8 Å². The van der Waals surface area contributed by atoms with E-state index in [1.54, 1.807) is 6.92 Å². The predicted molar refractivity (Wildman–Crippen MR) is 92.1 cm³/mol. The van der Waals surface area contributed by atoms with E-state index < -0.39 is 28.6 Å². The summed E-state index contributed by atoms with van der Waals surface area (Å²) in [6.07, 6.45) is 1.45. The van der Waals surface area contributed by atoms with E-state index in [1.807, 2.05) is 0 Å². The Hall–Kier alpha value is -1.94. The quantitative estimate of drug-likeness (QED) is 0.735. The lowest BCUT2D eigenvalue weighted by molar-refractivity contribution is -0.119. The summed E-state index contributed by atoms with van der Waals surface area (Å²) in [5.74, 6) is -0.653. The van der Waals surface area contributed by atoms with Gasteiger partial charge in [0.05, 0.1) is 12.9 Å². The highest BCUT2D eigenvalue weighted by molar-refractivity contribution is 7.89. The average Bonchev–Trinajstić information content (AvgIpc) is 3.05. The molecule has 7 nitrogen and oxygen atoms in total. The van der Waals surface area contributed by atoms with Gasteiger partial charge in [-0.1, -0.05) is 6.92 Å². The lowest BCUT2D eigenvalue weighted by atomic mass is 10.2. The predicted octanol–water partition coefficient (Wildman–Crippen LogP) is 2.44. The summed E-state index contributed by atoms with van der Waals surface area (Å²) in [4.78, 5) is 12.5. The molecular weight excluding hydrogens is 370 g/mol. The summed E-state index contributed by atoms with van der Waals surface area (Å²) < 4.78 is 60.1. The van der Waals surface area contributed by atoms with Crippen molar-refractivity contribution in [2.24, 2.45) is 0 Å². The van der Waals surface area contributed by atoms with Gasteiger partial charge in [0, 0.05) is 18.3 Å². The third-order valence-electron chi connectivity index (χ3n) is 3.97. The normalized spacial score (nSPS) is 18.1. The summed E-state index contributed by atoms with van der Waals surface area (Å²) in [5.41, 5.74) is 0.214. The van der Waals surface area contributed by atoms with Gasteiger partial charge in [0.15, 0.2) is 11.5 Å². The molecule has 1 heterocycles. The minimum Gasteiger partial charge on any atom is -0.493 e.